The summed E-state index contributed by atoms with van der Waals surface area (Å²) >= 11 is 0.736. The van der Waals surface area contributed by atoms with Gasteiger partial charge in [-0.2, -0.15) is 8.42 Å². The van der Waals surface area contributed by atoms with Crippen LogP contribution in [0.15, 0.2) is 0 Å². The monoisotopic (exact) mass is 214 g/mol. The Hall–Kier alpha value is 0.140. The Bertz CT molecular complexity index is 261. The van der Waals surface area contributed by atoms with Crippen molar-refractivity contribution in [1.82, 2.24) is 0 Å². The highest BCUT2D eigenvalue weighted by atomic mass is 32.3. The van der Waals surface area contributed by atoms with E-state index in [9.17, 15) is 8.42 Å². The van der Waals surface area contributed by atoms with Gasteiger partial charge in [-0.15, -0.1) is 0 Å². The fourth-order valence-electron chi connectivity index (χ4n) is 0.875. The van der Waals surface area contributed by atoms with Crippen LogP contribution >= 0.6 is 12.3 Å². The molecular weight excluding hydrogens is 208 g/mol. The molecule has 2 atom stereocenters. The van der Waals surface area contributed by atoms with Gasteiger partial charge in [-0.1, -0.05) is 0 Å². The van der Waals surface area contributed by atoms with Crippen molar-refractivity contribution in [3.63, 3.8) is 0 Å². The van der Waals surface area contributed by atoms with Gasteiger partial charge in [0.15, 0.2) is 18.6 Å². The number of fused-ring (bicyclic) bond motifs is 1. The van der Waals surface area contributed by atoms with E-state index in [0.29, 0.717) is 6.61 Å². The van der Waals surface area contributed by atoms with E-state index < -0.39 is 16.7 Å². The van der Waals surface area contributed by atoms with Crippen LogP contribution in [0.25, 0.3) is 0 Å². The summed E-state index contributed by atoms with van der Waals surface area (Å²) in [6, 6.07) is 0. The van der Waals surface area contributed by atoms with Crippen LogP contribution in [0.5, 0.6) is 0 Å². The summed E-state index contributed by atoms with van der Waals surface area (Å²) in [4.78, 5) is 0. The Labute approximate surface area is 73.9 Å². The maximum absolute atomic E-state index is 10.7. The van der Waals surface area contributed by atoms with Crippen LogP contribution in [0, 0.1) is 5.92 Å². The number of hydrogen-bond acceptors (Lipinski definition) is 7. The molecule has 0 radical (unpaired) electrons. The molecule has 0 saturated carbocycles. The second kappa shape index (κ2) is 3.13. The first kappa shape index (κ1) is 8.73. The molecular formula is C4H6O6S2. The van der Waals surface area contributed by atoms with Gasteiger partial charge in [0.2, 0.25) is 0 Å². The molecule has 2 aliphatic heterocycles. The third-order valence-electron chi connectivity index (χ3n) is 1.49. The van der Waals surface area contributed by atoms with Crippen molar-refractivity contribution in [1.29, 1.82) is 0 Å². The smallest absolute Gasteiger partial charge is 0.291 e. The van der Waals surface area contributed by atoms with Crippen LogP contribution in [-0.4, -0.2) is 27.9 Å². The Kier molecular flexibility index (Phi) is 2.27. The summed E-state index contributed by atoms with van der Waals surface area (Å²) < 4.78 is 40.1. The van der Waals surface area contributed by atoms with Crippen LogP contribution in [0.4, 0.5) is 0 Å². The molecule has 0 aliphatic carbocycles. The molecule has 2 unspecified atom stereocenters. The van der Waals surface area contributed by atoms with Crippen LogP contribution in [0.1, 0.15) is 0 Å². The normalized spacial score (nSPS) is 40.3. The molecule has 70 valence electrons. The zero-order valence-corrected chi connectivity index (χ0v) is 7.47. The van der Waals surface area contributed by atoms with E-state index in [0.717, 1.165) is 12.3 Å². The van der Waals surface area contributed by atoms with Crippen molar-refractivity contribution in [2.75, 3.05) is 13.2 Å². The SMILES string of the molecule is O=S1(=O)OCC2COSOC2O1. The van der Waals surface area contributed by atoms with Gasteiger partial charge in [0, 0.05) is 0 Å². The van der Waals surface area contributed by atoms with Gasteiger partial charge in [0.05, 0.1) is 19.1 Å². The molecule has 2 fully saturated rings. The molecule has 2 aliphatic rings. The Morgan fingerprint density at radius 2 is 2.17 bits per heavy atom. The summed E-state index contributed by atoms with van der Waals surface area (Å²) in [5.41, 5.74) is 0. The molecule has 12 heavy (non-hydrogen) atoms. The lowest BCUT2D eigenvalue weighted by atomic mass is 10.2. The molecule has 0 aromatic carbocycles. The third kappa shape index (κ3) is 1.73. The lowest BCUT2D eigenvalue weighted by Crippen LogP contribution is -2.42. The van der Waals surface area contributed by atoms with E-state index in [1.54, 1.807) is 0 Å². The van der Waals surface area contributed by atoms with E-state index in [-0.39, 0.29) is 12.5 Å². The first-order valence-corrected chi connectivity index (χ1v) is 5.20. The van der Waals surface area contributed by atoms with E-state index in [2.05, 4.69) is 8.37 Å². The van der Waals surface area contributed by atoms with E-state index >= 15 is 0 Å². The van der Waals surface area contributed by atoms with E-state index in [4.69, 9.17) is 8.37 Å². The molecule has 0 aromatic rings. The summed E-state index contributed by atoms with van der Waals surface area (Å²) in [6.45, 7) is 0.415. The maximum Gasteiger partial charge on any atom is 0.402 e. The minimum Gasteiger partial charge on any atom is -0.291 e. The maximum atomic E-state index is 10.7. The standard InChI is InChI=1S/C4H6O6S2/c5-12(6)8-2-3-1-7-11-9-4(3)10-12/h3-4H,1-2H2. The minimum atomic E-state index is -3.85. The number of hydrogen-bond donors (Lipinski definition) is 0. The van der Waals surface area contributed by atoms with Gasteiger partial charge in [-0.05, 0) is 0 Å². The van der Waals surface area contributed by atoms with Crippen molar-refractivity contribution in [3.8, 4) is 0 Å². The lowest BCUT2D eigenvalue weighted by Gasteiger charge is -2.31. The Balaban J connectivity index is 2.08. The molecule has 2 rings (SSSR count). The zero-order valence-electron chi connectivity index (χ0n) is 5.83. The van der Waals surface area contributed by atoms with Crippen LogP contribution < -0.4 is 0 Å². The molecule has 2 heterocycles. The van der Waals surface area contributed by atoms with Crippen molar-refractivity contribution < 1.29 is 25.2 Å². The second-order valence-electron chi connectivity index (χ2n) is 2.37. The van der Waals surface area contributed by atoms with Gasteiger partial charge < -0.3 is 0 Å². The summed E-state index contributed by atoms with van der Waals surface area (Å²) in [6.07, 6.45) is -0.775. The predicted octanol–water partition coefficient (Wildman–Crippen LogP) is -0.170. The van der Waals surface area contributed by atoms with E-state index in [1.165, 1.54) is 0 Å². The quantitative estimate of drug-likeness (QED) is 0.518. The average Bonchev–Trinajstić information content (AvgIpc) is 2.02. The highest BCUT2D eigenvalue weighted by molar-refractivity contribution is 7.90. The van der Waals surface area contributed by atoms with Crippen LogP contribution in [0.2, 0.25) is 0 Å². The first-order valence-electron chi connectivity index (χ1n) is 3.20. The molecule has 2 saturated heterocycles. The van der Waals surface area contributed by atoms with E-state index in [1.807, 2.05) is 0 Å². The van der Waals surface area contributed by atoms with Gasteiger partial charge in [0.25, 0.3) is 0 Å². The predicted molar refractivity (Wildman–Crippen MR) is 37.9 cm³/mol. The second-order valence-corrected chi connectivity index (χ2v) is 4.18. The lowest BCUT2D eigenvalue weighted by molar-refractivity contribution is -0.107. The highest BCUT2D eigenvalue weighted by Gasteiger charge is 2.39. The fraction of sp³-hybridized carbons (Fsp3) is 1.00. The largest absolute Gasteiger partial charge is 0.402 e. The van der Waals surface area contributed by atoms with Crippen LogP contribution in [-0.2, 0) is 27.1 Å². The van der Waals surface area contributed by atoms with Crippen LogP contribution in [0.3, 0.4) is 0 Å². The average molecular weight is 214 g/mol. The minimum absolute atomic E-state index is 0.0492. The Morgan fingerprint density at radius 3 is 3.00 bits per heavy atom. The highest BCUT2D eigenvalue weighted by Crippen LogP contribution is 2.30. The number of rotatable bonds is 0. The van der Waals surface area contributed by atoms with Gasteiger partial charge in [-0.3, -0.25) is 8.37 Å². The van der Waals surface area contributed by atoms with Crippen molar-refractivity contribution in [2.45, 2.75) is 6.29 Å². The molecule has 6 nitrogen and oxygen atoms in total. The molecule has 0 bridgehead atoms. The fourth-order valence-corrected chi connectivity index (χ4v) is 2.31. The Morgan fingerprint density at radius 1 is 1.33 bits per heavy atom. The van der Waals surface area contributed by atoms with Gasteiger partial charge >= 0.3 is 10.4 Å². The molecule has 0 amide bonds. The van der Waals surface area contributed by atoms with Crippen molar-refractivity contribution in [3.05, 3.63) is 0 Å². The summed E-state index contributed by atoms with van der Waals surface area (Å²) in [5, 5.41) is 0. The molecule has 0 aromatic heterocycles. The molecule has 0 N–H and O–H groups in total. The summed E-state index contributed by atoms with van der Waals surface area (Å²) in [5.74, 6) is -0.172. The van der Waals surface area contributed by atoms with Crippen molar-refractivity contribution >= 4 is 22.7 Å². The van der Waals surface area contributed by atoms with Crippen molar-refractivity contribution in [2.24, 2.45) is 5.92 Å². The third-order valence-corrected chi connectivity index (χ3v) is 2.84. The van der Waals surface area contributed by atoms with Gasteiger partial charge in [0.1, 0.15) is 0 Å². The van der Waals surface area contributed by atoms with Gasteiger partial charge in [-0.25, -0.2) is 8.37 Å². The zero-order chi connectivity index (χ0) is 8.60. The summed E-state index contributed by atoms with van der Waals surface area (Å²) in [7, 11) is -3.85. The molecule has 0 spiro atoms. The topological polar surface area (TPSA) is 71.1 Å². The molecule has 8 heteroatoms. The first-order chi connectivity index (χ1) is 5.67.